The molecule has 1 aromatic heterocycles. The maximum Gasteiger partial charge on any atom is 0.490 e. The largest absolute Gasteiger partial charge is 0.490 e. The van der Waals surface area contributed by atoms with Crippen molar-refractivity contribution < 1.29 is 51.9 Å². The minimum Gasteiger partial charge on any atom is -0.391 e. The fraction of sp³-hybridized carbons (Fsp3) is 0.200. The van der Waals surface area contributed by atoms with Crippen molar-refractivity contribution in [3.05, 3.63) is 22.2 Å². The summed E-state index contributed by atoms with van der Waals surface area (Å²) in [5.41, 5.74) is 5.20. The van der Waals surface area contributed by atoms with Gasteiger partial charge in [0.05, 0.1) is 6.61 Å². The Morgan fingerprint density at radius 1 is 1.09 bits per heavy atom. The van der Waals surface area contributed by atoms with Gasteiger partial charge < -0.3 is 35.3 Å². The van der Waals surface area contributed by atoms with E-state index in [-0.39, 0.29) is 12.4 Å². The second kappa shape index (κ2) is 8.24. The molecule has 9 N–H and O–H groups in total. The van der Waals surface area contributed by atoms with Gasteiger partial charge in [0, 0.05) is 11.8 Å². The lowest BCUT2D eigenvalue weighted by Gasteiger charge is -2.11. The third kappa shape index (κ3) is 11.3. The lowest BCUT2D eigenvalue weighted by Crippen LogP contribution is -2.13. The monoisotopic (exact) mass is 399 g/mol. The number of aliphatic hydroxyl groups excluding tert-OH is 1. The predicted molar refractivity (Wildman–Crippen MR) is 71.3 cm³/mol. The number of aliphatic hydroxyl groups is 1. The first-order chi connectivity index (χ1) is 10.2. The standard InChI is InChI=1S/C5H7N3O2.H5O10P3/c6-4-3(2-9)1-7-5(10)8-4;1-11(2,3)9-13(7,8)10-12(4,5)6/h1,9H,2H2,(H3,6,7,8,10);(H,7,8)(H2,1,2,3)(H2,4,5,6). The zero-order chi connectivity index (χ0) is 18.5. The van der Waals surface area contributed by atoms with Crippen LogP contribution >= 0.6 is 23.5 Å². The molecular formula is C5H12N3O12P3. The van der Waals surface area contributed by atoms with Crippen LogP contribution in [0, 0.1) is 0 Å². The van der Waals surface area contributed by atoms with Crippen LogP contribution in [0.2, 0.25) is 0 Å². The minimum absolute atomic E-state index is 0.169. The Morgan fingerprint density at radius 3 is 1.83 bits per heavy atom. The highest BCUT2D eigenvalue weighted by Gasteiger charge is 2.38. The molecule has 18 heteroatoms. The van der Waals surface area contributed by atoms with Gasteiger partial charge in [-0.1, -0.05) is 0 Å². The first-order valence-electron chi connectivity index (χ1n) is 4.96. The number of aromatic nitrogens is 2. The topological polar surface area (TPSA) is 263 Å². The number of hydrogen-bond donors (Lipinski definition) is 8. The molecule has 0 amide bonds. The number of nitrogen functional groups attached to an aromatic ring is 1. The molecule has 23 heavy (non-hydrogen) atoms. The van der Waals surface area contributed by atoms with Gasteiger partial charge in [-0.15, -0.1) is 0 Å². The Bertz CT molecular complexity index is 691. The van der Waals surface area contributed by atoms with Crippen molar-refractivity contribution in [2.24, 2.45) is 0 Å². The van der Waals surface area contributed by atoms with E-state index in [0.29, 0.717) is 5.56 Å². The Hall–Kier alpha value is -0.950. The minimum atomic E-state index is -5.46. The molecule has 0 fully saturated rings. The van der Waals surface area contributed by atoms with Crippen molar-refractivity contribution in [1.29, 1.82) is 0 Å². The first kappa shape index (κ1) is 22.1. The second-order valence-electron chi connectivity index (χ2n) is 3.40. The Labute approximate surface area is 126 Å². The number of rotatable bonds is 5. The van der Waals surface area contributed by atoms with Crippen molar-refractivity contribution in [3.63, 3.8) is 0 Å². The number of aromatic amines is 1. The molecule has 15 nitrogen and oxygen atoms in total. The van der Waals surface area contributed by atoms with Gasteiger partial charge in [0.15, 0.2) is 0 Å². The maximum atomic E-state index is 10.4. The maximum absolute atomic E-state index is 10.4. The van der Waals surface area contributed by atoms with Crippen LogP contribution in [0.4, 0.5) is 5.82 Å². The number of hydrogen-bond acceptors (Lipinski definition) is 9. The predicted octanol–water partition coefficient (Wildman–Crippen LogP) is -1.85. The Balaban J connectivity index is 0.000000433. The SMILES string of the molecule is Nc1[nH]c(=O)ncc1CO.O=P(O)(O)OP(=O)(O)OP(=O)(O)O. The van der Waals surface area contributed by atoms with Crippen molar-refractivity contribution in [2.45, 2.75) is 6.61 Å². The number of phosphoric acid groups is 3. The summed E-state index contributed by atoms with van der Waals surface area (Å²) in [6.45, 7) is -0.213. The third-order valence-corrected chi connectivity index (χ3v) is 4.87. The van der Waals surface area contributed by atoms with Gasteiger partial charge in [0.1, 0.15) is 5.82 Å². The summed E-state index contributed by atoms with van der Waals surface area (Å²) in [5.74, 6) is 0.169. The van der Waals surface area contributed by atoms with E-state index in [4.69, 9.17) is 35.3 Å². The Kier molecular flexibility index (Phi) is 7.90. The summed E-state index contributed by atoms with van der Waals surface area (Å²) in [6, 6.07) is 0. The normalized spacial score (nSPS) is 12.4. The summed E-state index contributed by atoms with van der Waals surface area (Å²) < 4.78 is 36.4. The average molecular weight is 399 g/mol. The van der Waals surface area contributed by atoms with Crippen molar-refractivity contribution in [2.75, 3.05) is 5.73 Å². The fourth-order valence-corrected chi connectivity index (χ4v) is 3.38. The number of H-pyrrole nitrogens is 1. The van der Waals surface area contributed by atoms with E-state index in [9.17, 15) is 18.5 Å². The molecule has 0 radical (unpaired) electrons. The van der Waals surface area contributed by atoms with E-state index < -0.39 is 29.2 Å². The quantitative estimate of drug-likeness (QED) is 0.253. The van der Waals surface area contributed by atoms with Crippen LogP contribution in [0.5, 0.6) is 0 Å². The highest BCUT2D eigenvalue weighted by molar-refractivity contribution is 7.66. The van der Waals surface area contributed by atoms with Crippen molar-refractivity contribution in [1.82, 2.24) is 9.97 Å². The zero-order valence-electron chi connectivity index (χ0n) is 10.8. The molecule has 1 aromatic rings. The molecule has 0 saturated carbocycles. The van der Waals surface area contributed by atoms with Crippen LogP contribution in [0.25, 0.3) is 0 Å². The molecule has 1 heterocycles. The molecular weight excluding hydrogens is 387 g/mol. The number of nitrogens with two attached hydrogens (primary N) is 1. The van der Waals surface area contributed by atoms with E-state index in [2.05, 4.69) is 18.6 Å². The van der Waals surface area contributed by atoms with Gasteiger partial charge in [-0.05, 0) is 0 Å². The van der Waals surface area contributed by atoms with Crippen LogP contribution in [-0.4, -0.2) is 39.5 Å². The van der Waals surface area contributed by atoms with E-state index in [1.54, 1.807) is 0 Å². The molecule has 0 bridgehead atoms. The van der Waals surface area contributed by atoms with Gasteiger partial charge in [0.25, 0.3) is 0 Å². The summed E-state index contributed by atoms with van der Waals surface area (Å²) in [5, 5.41) is 8.57. The van der Waals surface area contributed by atoms with Crippen LogP contribution in [0.3, 0.4) is 0 Å². The summed E-state index contributed by atoms with van der Waals surface area (Å²) in [7, 11) is -16.2. The highest BCUT2D eigenvalue weighted by Crippen LogP contribution is 2.64. The van der Waals surface area contributed by atoms with Gasteiger partial charge >= 0.3 is 29.2 Å². The smallest absolute Gasteiger partial charge is 0.391 e. The number of nitrogens with one attached hydrogen (secondary N) is 1. The molecule has 0 aromatic carbocycles. The molecule has 134 valence electrons. The van der Waals surface area contributed by atoms with Gasteiger partial charge in [-0.2, -0.15) is 8.62 Å². The van der Waals surface area contributed by atoms with E-state index in [0.717, 1.165) is 0 Å². The van der Waals surface area contributed by atoms with Gasteiger partial charge in [-0.3, -0.25) is 4.98 Å². The molecule has 0 spiro atoms. The van der Waals surface area contributed by atoms with Crippen LogP contribution in [-0.2, 0) is 28.9 Å². The van der Waals surface area contributed by atoms with E-state index in [1.807, 2.05) is 0 Å². The first-order valence-corrected chi connectivity index (χ1v) is 9.52. The van der Waals surface area contributed by atoms with Gasteiger partial charge in [0.2, 0.25) is 0 Å². The lowest BCUT2D eigenvalue weighted by atomic mass is 10.3. The lowest BCUT2D eigenvalue weighted by molar-refractivity contribution is 0.204. The molecule has 0 aliphatic rings. The number of anilines is 1. The van der Waals surface area contributed by atoms with E-state index in [1.165, 1.54) is 6.20 Å². The molecule has 0 aliphatic heterocycles. The average Bonchev–Trinajstić information content (AvgIpc) is 2.22. The van der Waals surface area contributed by atoms with E-state index >= 15 is 0 Å². The molecule has 0 aliphatic carbocycles. The fourth-order valence-electron chi connectivity index (χ4n) is 0.844. The Morgan fingerprint density at radius 2 is 1.52 bits per heavy atom. The van der Waals surface area contributed by atoms with Crippen molar-refractivity contribution >= 4 is 29.3 Å². The summed E-state index contributed by atoms with van der Waals surface area (Å²) in [4.78, 5) is 56.2. The number of nitrogens with zero attached hydrogens (tertiary/aromatic N) is 1. The van der Waals surface area contributed by atoms with Crippen LogP contribution in [0.15, 0.2) is 11.0 Å². The molecule has 0 atom stereocenters. The molecule has 1 rings (SSSR count). The zero-order valence-corrected chi connectivity index (χ0v) is 13.5. The molecule has 0 saturated heterocycles. The third-order valence-electron chi connectivity index (χ3n) is 1.51. The van der Waals surface area contributed by atoms with Gasteiger partial charge in [-0.25, -0.2) is 23.5 Å². The van der Waals surface area contributed by atoms with Crippen LogP contribution in [0.1, 0.15) is 5.56 Å². The molecule has 0 unspecified atom stereocenters. The highest BCUT2D eigenvalue weighted by atomic mass is 31.3. The van der Waals surface area contributed by atoms with Crippen LogP contribution < -0.4 is 11.4 Å². The second-order valence-corrected chi connectivity index (χ2v) is 7.60. The van der Waals surface area contributed by atoms with Crippen molar-refractivity contribution in [3.8, 4) is 0 Å². The summed E-state index contributed by atoms with van der Waals surface area (Å²) in [6.07, 6.45) is 1.24. The summed E-state index contributed by atoms with van der Waals surface area (Å²) >= 11 is 0.